The maximum Gasteiger partial charge on any atom is 0.261 e. The summed E-state index contributed by atoms with van der Waals surface area (Å²) in [4.78, 5) is 1.29. The first kappa shape index (κ1) is 23.6. The molecule has 0 atom stereocenters. The van der Waals surface area contributed by atoms with Crippen LogP contribution >= 0.6 is 11.8 Å². The van der Waals surface area contributed by atoms with Gasteiger partial charge in [0.2, 0.25) is 0 Å². The van der Waals surface area contributed by atoms with Crippen molar-refractivity contribution in [1.29, 1.82) is 0 Å². The van der Waals surface area contributed by atoms with Gasteiger partial charge in [-0.15, -0.1) is 11.8 Å². The van der Waals surface area contributed by atoms with Crippen molar-refractivity contribution >= 4 is 43.4 Å². The lowest BCUT2D eigenvalue weighted by molar-refractivity contribution is 0.103. The van der Waals surface area contributed by atoms with Crippen LogP contribution in [0.25, 0.3) is 21.5 Å². The molecule has 29 heavy (non-hydrogen) atoms. The molecule has 0 aliphatic carbocycles. The zero-order valence-corrected chi connectivity index (χ0v) is 18.3. The van der Waals surface area contributed by atoms with E-state index in [1.165, 1.54) is 32.0 Å². The first-order valence-corrected chi connectivity index (χ1v) is 12.1. The van der Waals surface area contributed by atoms with Crippen molar-refractivity contribution in [2.75, 3.05) is 25.7 Å². The minimum atomic E-state index is -3.67. The molecule has 0 saturated carbocycles. The predicted molar refractivity (Wildman–Crippen MR) is 120 cm³/mol. The number of hydrogen-bond acceptors (Lipinski definition) is 6. The van der Waals surface area contributed by atoms with Crippen LogP contribution in [0.1, 0.15) is 12.5 Å². The Hall–Kier alpha value is -1.68. The molecular formula is C21H27NO5S2. The summed E-state index contributed by atoms with van der Waals surface area (Å²) in [7, 11) is -3.67. The van der Waals surface area contributed by atoms with Crippen LogP contribution < -0.4 is 5.32 Å². The smallest absolute Gasteiger partial charge is 0.261 e. The number of rotatable bonds is 6. The van der Waals surface area contributed by atoms with Crippen LogP contribution in [0.3, 0.4) is 0 Å². The van der Waals surface area contributed by atoms with Gasteiger partial charge in [0.25, 0.3) is 10.1 Å². The Morgan fingerprint density at radius 3 is 1.66 bits per heavy atom. The van der Waals surface area contributed by atoms with Crippen molar-refractivity contribution in [1.82, 2.24) is 5.32 Å². The maximum absolute atomic E-state index is 9.55. The predicted octanol–water partition coefficient (Wildman–Crippen LogP) is 3.05. The minimum absolute atomic E-state index is 0.109. The molecule has 0 radical (unpaired) electrons. The minimum Gasteiger partial charge on any atom is -0.394 e. The summed E-state index contributed by atoms with van der Waals surface area (Å²) in [5.74, 6) is 0. The Labute approximate surface area is 175 Å². The number of aliphatic hydroxyl groups excluding tert-OH is 2. The van der Waals surface area contributed by atoms with Gasteiger partial charge in [0.05, 0.1) is 25.0 Å². The quantitative estimate of drug-likeness (QED) is 0.267. The molecule has 3 aromatic rings. The molecule has 8 heteroatoms. The number of hydrogen-bond donors (Lipinski definition) is 4. The molecule has 6 nitrogen and oxygen atoms in total. The van der Waals surface area contributed by atoms with E-state index in [0.717, 1.165) is 0 Å². The lowest BCUT2D eigenvalue weighted by atomic mass is 9.95. The SMILES string of the molecule is CS(=O)(=O)O.CSc1c2ccccc2c(CNC(C)(CO)CO)c2ccccc12. The van der Waals surface area contributed by atoms with Crippen molar-refractivity contribution in [2.45, 2.75) is 23.9 Å². The van der Waals surface area contributed by atoms with Crippen molar-refractivity contribution in [3.8, 4) is 0 Å². The topological polar surface area (TPSA) is 107 Å². The highest BCUT2D eigenvalue weighted by Crippen LogP contribution is 2.37. The van der Waals surface area contributed by atoms with Gasteiger partial charge in [0.1, 0.15) is 0 Å². The first-order valence-electron chi connectivity index (χ1n) is 8.99. The summed E-state index contributed by atoms with van der Waals surface area (Å²) in [6, 6.07) is 16.9. The third-order valence-corrected chi connectivity index (χ3v) is 5.44. The molecule has 0 fully saturated rings. The molecule has 0 aliphatic heterocycles. The van der Waals surface area contributed by atoms with Crippen molar-refractivity contribution in [3.63, 3.8) is 0 Å². The van der Waals surface area contributed by atoms with Gasteiger partial charge >= 0.3 is 0 Å². The Kier molecular flexibility index (Phi) is 8.04. The Morgan fingerprint density at radius 2 is 1.31 bits per heavy atom. The van der Waals surface area contributed by atoms with E-state index < -0.39 is 15.7 Å². The van der Waals surface area contributed by atoms with Crippen molar-refractivity contribution < 1.29 is 23.2 Å². The number of benzene rings is 3. The van der Waals surface area contributed by atoms with Crippen molar-refractivity contribution in [2.24, 2.45) is 0 Å². The molecule has 4 N–H and O–H groups in total. The summed E-state index contributed by atoms with van der Waals surface area (Å²) < 4.78 is 25.9. The van der Waals surface area contributed by atoms with Gasteiger partial charge < -0.3 is 15.5 Å². The highest BCUT2D eigenvalue weighted by atomic mass is 32.2. The van der Waals surface area contributed by atoms with Gasteiger partial charge in [-0.05, 0) is 40.3 Å². The molecule has 0 saturated heterocycles. The normalized spacial score (nSPS) is 12.1. The van der Waals surface area contributed by atoms with Gasteiger partial charge in [-0.2, -0.15) is 8.42 Å². The summed E-state index contributed by atoms with van der Waals surface area (Å²) in [6.45, 7) is 2.20. The standard InChI is InChI=1S/C20H23NO2S.CH4O3S/c1-20(12-22,13-23)21-11-18-14-7-3-5-9-16(14)19(24-2)17-10-6-4-8-15(17)18;1-5(2,3)4/h3-10,21-23H,11-13H2,1-2H3;1H3,(H,2,3,4). The fourth-order valence-electron chi connectivity index (χ4n) is 3.05. The van der Waals surface area contributed by atoms with Crippen LogP contribution in [-0.2, 0) is 16.7 Å². The zero-order chi connectivity index (χ0) is 21.7. The second kappa shape index (κ2) is 9.88. The van der Waals surface area contributed by atoms with E-state index in [1.807, 2.05) is 6.92 Å². The Balaban J connectivity index is 0.000000537. The average molecular weight is 438 g/mol. The lowest BCUT2D eigenvalue weighted by Crippen LogP contribution is -2.48. The van der Waals surface area contributed by atoms with Crippen LogP contribution in [0.2, 0.25) is 0 Å². The molecule has 3 rings (SSSR count). The highest BCUT2D eigenvalue weighted by Gasteiger charge is 2.22. The van der Waals surface area contributed by atoms with E-state index in [-0.39, 0.29) is 13.2 Å². The summed E-state index contributed by atoms with van der Waals surface area (Å²) in [6.07, 6.45) is 2.83. The first-order chi connectivity index (χ1) is 13.6. The largest absolute Gasteiger partial charge is 0.394 e. The van der Waals surface area contributed by atoms with E-state index in [1.54, 1.807) is 11.8 Å². The number of thioether (sulfide) groups is 1. The van der Waals surface area contributed by atoms with Crippen LogP contribution in [0.4, 0.5) is 0 Å². The van der Waals surface area contributed by atoms with Crippen LogP contribution in [-0.4, -0.2) is 54.4 Å². The third kappa shape index (κ3) is 6.15. The Morgan fingerprint density at radius 1 is 0.931 bits per heavy atom. The number of aliphatic hydroxyl groups is 2. The monoisotopic (exact) mass is 437 g/mol. The average Bonchev–Trinajstić information content (AvgIpc) is 2.69. The molecule has 0 amide bonds. The molecule has 0 spiro atoms. The maximum atomic E-state index is 9.55. The molecule has 0 unspecified atom stereocenters. The molecule has 0 aromatic heterocycles. The lowest BCUT2D eigenvalue weighted by Gasteiger charge is -2.27. The van der Waals surface area contributed by atoms with Gasteiger partial charge in [0.15, 0.2) is 0 Å². The van der Waals surface area contributed by atoms with Crippen LogP contribution in [0, 0.1) is 0 Å². The zero-order valence-electron chi connectivity index (χ0n) is 16.7. The number of nitrogens with one attached hydrogen (secondary N) is 1. The number of fused-ring (bicyclic) bond motifs is 2. The van der Waals surface area contributed by atoms with Gasteiger partial charge in [-0.3, -0.25) is 4.55 Å². The fraction of sp³-hybridized carbons (Fsp3) is 0.333. The second-order valence-corrected chi connectivity index (χ2v) is 9.35. The van der Waals surface area contributed by atoms with Crippen LogP contribution in [0.5, 0.6) is 0 Å². The summed E-state index contributed by atoms with van der Waals surface area (Å²) >= 11 is 1.77. The van der Waals surface area contributed by atoms with E-state index in [0.29, 0.717) is 12.8 Å². The third-order valence-electron chi connectivity index (χ3n) is 4.59. The van der Waals surface area contributed by atoms with E-state index in [9.17, 15) is 18.6 Å². The highest BCUT2D eigenvalue weighted by molar-refractivity contribution is 7.99. The summed E-state index contributed by atoms with van der Waals surface area (Å²) in [5.41, 5.74) is 0.507. The second-order valence-electron chi connectivity index (χ2n) is 7.07. The van der Waals surface area contributed by atoms with E-state index >= 15 is 0 Å². The molecule has 0 bridgehead atoms. The molecular weight excluding hydrogens is 410 g/mol. The van der Waals surface area contributed by atoms with E-state index in [2.05, 4.69) is 60.1 Å². The molecule has 158 valence electrons. The van der Waals surface area contributed by atoms with Gasteiger partial charge in [-0.1, -0.05) is 48.5 Å². The molecule has 0 aliphatic rings. The van der Waals surface area contributed by atoms with Crippen LogP contribution in [0.15, 0.2) is 53.4 Å². The molecule has 3 aromatic carbocycles. The Bertz CT molecular complexity index is 1010. The van der Waals surface area contributed by atoms with E-state index in [4.69, 9.17) is 4.55 Å². The fourth-order valence-corrected chi connectivity index (χ4v) is 3.85. The van der Waals surface area contributed by atoms with Gasteiger partial charge in [0, 0.05) is 11.4 Å². The van der Waals surface area contributed by atoms with Crippen molar-refractivity contribution in [3.05, 3.63) is 54.1 Å². The molecule has 0 heterocycles. The summed E-state index contributed by atoms with van der Waals surface area (Å²) in [5, 5.41) is 27.3. The van der Waals surface area contributed by atoms with Gasteiger partial charge in [-0.25, -0.2) is 0 Å².